The summed E-state index contributed by atoms with van der Waals surface area (Å²) >= 11 is 4.66. The number of nitrogens with one attached hydrogen (secondary N) is 1. The normalized spacial score (nSPS) is 12.4. The maximum atomic E-state index is 13.4. The third-order valence-corrected chi connectivity index (χ3v) is 4.87. The van der Waals surface area contributed by atoms with Crippen LogP contribution in [-0.2, 0) is 0 Å². The lowest BCUT2D eigenvalue weighted by Crippen LogP contribution is -2.26. The van der Waals surface area contributed by atoms with Gasteiger partial charge in [-0.1, -0.05) is 30.3 Å². The molecule has 26 heavy (non-hydrogen) atoms. The predicted octanol–water partition coefficient (Wildman–Crippen LogP) is 3.14. The molecule has 0 saturated heterocycles. The maximum Gasteiger partial charge on any atom is 0.266 e. The summed E-state index contributed by atoms with van der Waals surface area (Å²) in [4.78, 5) is 22.4. The van der Waals surface area contributed by atoms with Crippen molar-refractivity contribution in [3.8, 4) is 5.69 Å². The Bertz CT molecular complexity index is 1150. The molecule has 7 heteroatoms. The fraction of sp³-hybridized carbons (Fsp3) is 0.158. The molecule has 0 radical (unpaired) electrons. The second-order valence-electron chi connectivity index (χ2n) is 6.13. The highest BCUT2D eigenvalue weighted by Gasteiger charge is 2.23. The van der Waals surface area contributed by atoms with E-state index in [9.17, 15) is 4.79 Å². The average molecular weight is 363 g/mol. The third-order valence-electron chi connectivity index (χ3n) is 4.41. The molecule has 0 bridgehead atoms. The molecule has 0 aliphatic carbocycles. The van der Waals surface area contributed by atoms with Crippen LogP contribution in [0.15, 0.2) is 53.6 Å². The lowest BCUT2D eigenvalue weighted by atomic mass is 10.1. The number of thiol groups is 1. The molecule has 2 aromatic heterocycles. The number of aromatic amines is 1. The summed E-state index contributed by atoms with van der Waals surface area (Å²) in [6, 6.07) is 13.4. The zero-order chi connectivity index (χ0) is 18.3. The summed E-state index contributed by atoms with van der Waals surface area (Å²) in [7, 11) is 0. The largest absolute Gasteiger partial charge is 0.268 e. The molecule has 0 aliphatic heterocycles. The van der Waals surface area contributed by atoms with E-state index in [1.54, 1.807) is 4.57 Å². The Morgan fingerprint density at radius 2 is 1.85 bits per heavy atom. The number of hydrogen-bond donors (Lipinski definition) is 2. The minimum Gasteiger partial charge on any atom is -0.268 e. The van der Waals surface area contributed by atoms with Gasteiger partial charge in [0, 0.05) is 0 Å². The van der Waals surface area contributed by atoms with E-state index in [-0.39, 0.29) is 5.56 Å². The first-order valence-electron chi connectivity index (χ1n) is 8.20. The van der Waals surface area contributed by atoms with Crippen LogP contribution in [0.1, 0.15) is 28.0 Å². The van der Waals surface area contributed by atoms with Gasteiger partial charge in [-0.3, -0.25) is 14.5 Å². The molecular formula is C19H17N5OS. The molecule has 0 fully saturated rings. The predicted molar refractivity (Wildman–Crippen MR) is 104 cm³/mol. The number of aromatic nitrogens is 5. The van der Waals surface area contributed by atoms with Crippen LogP contribution in [0.2, 0.25) is 0 Å². The van der Waals surface area contributed by atoms with Gasteiger partial charge in [0.1, 0.15) is 17.4 Å². The minimum atomic E-state index is -0.543. The number of H-pyrrole nitrogens is 1. The van der Waals surface area contributed by atoms with Crippen molar-refractivity contribution in [1.29, 1.82) is 0 Å². The van der Waals surface area contributed by atoms with E-state index in [0.717, 1.165) is 16.8 Å². The SMILES string of the molecule is Cc1ccccc1-n1c(C(S)c2nc[nH]n2)nc2cccc(C)c2c1=O. The van der Waals surface area contributed by atoms with Crippen molar-refractivity contribution < 1.29 is 0 Å². The van der Waals surface area contributed by atoms with E-state index in [2.05, 4.69) is 27.8 Å². The van der Waals surface area contributed by atoms with Gasteiger partial charge < -0.3 is 0 Å². The van der Waals surface area contributed by atoms with Gasteiger partial charge in [0.2, 0.25) is 0 Å². The van der Waals surface area contributed by atoms with Crippen molar-refractivity contribution in [2.24, 2.45) is 0 Å². The van der Waals surface area contributed by atoms with Gasteiger partial charge in [0.05, 0.1) is 16.6 Å². The van der Waals surface area contributed by atoms with E-state index < -0.39 is 5.25 Å². The lowest BCUT2D eigenvalue weighted by Gasteiger charge is -2.18. The Labute approximate surface area is 155 Å². The highest BCUT2D eigenvalue weighted by Crippen LogP contribution is 2.27. The fourth-order valence-electron chi connectivity index (χ4n) is 3.11. The molecule has 2 heterocycles. The van der Waals surface area contributed by atoms with Gasteiger partial charge in [0.25, 0.3) is 5.56 Å². The molecule has 0 saturated carbocycles. The van der Waals surface area contributed by atoms with Crippen molar-refractivity contribution in [2.45, 2.75) is 19.1 Å². The first-order chi connectivity index (χ1) is 12.6. The molecule has 0 amide bonds. The molecular weight excluding hydrogens is 346 g/mol. The van der Waals surface area contributed by atoms with E-state index in [1.165, 1.54) is 6.33 Å². The Balaban J connectivity index is 2.11. The molecule has 0 aliphatic rings. The molecule has 1 N–H and O–H groups in total. The van der Waals surface area contributed by atoms with Crippen molar-refractivity contribution in [1.82, 2.24) is 24.7 Å². The van der Waals surface area contributed by atoms with Crippen molar-refractivity contribution in [3.63, 3.8) is 0 Å². The number of fused-ring (bicyclic) bond motifs is 1. The molecule has 4 aromatic rings. The van der Waals surface area contributed by atoms with E-state index in [0.29, 0.717) is 22.6 Å². The maximum absolute atomic E-state index is 13.4. The monoisotopic (exact) mass is 363 g/mol. The smallest absolute Gasteiger partial charge is 0.266 e. The standard InChI is InChI=1S/C19H17N5OS/c1-11-6-3-4-9-14(11)24-18(16(26)17-20-10-21-23-17)22-13-8-5-7-12(2)15(13)19(24)25/h3-10,16,26H,1-2H3,(H,20,21,23). The summed E-state index contributed by atoms with van der Waals surface area (Å²) in [6.07, 6.45) is 1.49. The van der Waals surface area contributed by atoms with Gasteiger partial charge in [-0.15, -0.1) is 0 Å². The molecule has 130 valence electrons. The van der Waals surface area contributed by atoms with Crippen LogP contribution in [0.3, 0.4) is 0 Å². The molecule has 1 unspecified atom stereocenters. The van der Waals surface area contributed by atoms with Gasteiger partial charge in [0.15, 0.2) is 5.82 Å². The summed E-state index contributed by atoms with van der Waals surface area (Å²) in [5, 5.41) is 6.86. The number of nitrogens with zero attached hydrogens (tertiary/aromatic N) is 4. The van der Waals surface area contributed by atoms with Crippen molar-refractivity contribution in [2.75, 3.05) is 0 Å². The molecule has 1 atom stereocenters. The van der Waals surface area contributed by atoms with Crippen molar-refractivity contribution >= 4 is 23.5 Å². The van der Waals surface area contributed by atoms with E-state index >= 15 is 0 Å². The van der Waals surface area contributed by atoms with Gasteiger partial charge >= 0.3 is 0 Å². The summed E-state index contributed by atoms with van der Waals surface area (Å²) in [6.45, 7) is 3.88. The Hall–Kier alpha value is -2.93. The molecule has 0 spiro atoms. The number of rotatable bonds is 3. The Morgan fingerprint density at radius 3 is 2.58 bits per heavy atom. The third kappa shape index (κ3) is 2.61. The lowest BCUT2D eigenvalue weighted by molar-refractivity contribution is 0.806. The van der Waals surface area contributed by atoms with Crippen LogP contribution in [0.5, 0.6) is 0 Å². The molecule has 2 aromatic carbocycles. The second kappa shape index (κ2) is 6.42. The van der Waals surface area contributed by atoms with Crippen LogP contribution >= 0.6 is 12.6 Å². The second-order valence-corrected chi connectivity index (χ2v) is 6.64. The highest BCUT2D eigenvalue weighted by molar-refractivity contribution is 7.80. The van der Waals surface area contributed by atoms with E-state index in [4.69, 9.17) is 4.98 Å². The number of benzene rings is 2. The average Bonchev–Trinajstić information content (AvgIpc) is 3.16. The van der Waals surface area contributed by atoms with Crippen LogP contribution < -0.4 is 5.56 Å². The summed E-state index contributed by atoms with van der Waals surface area (Å²) < 4.78 is 1.62. The zero-order valence-electron chi connectivity index (χ0n) is 14.3. The molecule has 6 nitrogen and oxygen atoms in total. The zero-order valence-corrected chi connectivity index (χ0v) is 15.2. The topological polar surface area (TPSA) is 76.5 Å². The van der Waals surface area contributed by atoms with Crippen LogP contribution in [0.4, 0.5) is 0 Å². The molecule has 4 rings (SSSR count). The Morgan fingerprint density at radius 1 is 1.08 bits per heavy atom. The quantitative estimate of drug-likeness (QED) is 0.548. The summed E-state index contributed by atoms with van der Waals surface area (Å²) in [5.41, 5.74) is 3.17. The number of hydrogen-bond acceptors (Lipinski definition) is 5. The van der Waals surface area contributed by atoms with Crippen LogP contribution in [-0.4, -0.2) is 24.7 Å². The number of aryl methyl sites for hydroxylation is 2. The number of para-hydroxylation sites is 1. The van der Waals surface area contributed by atoms with Gasteiger partial charge in [-0.2, -0.15) is 17.7 Å². The van der Waals surface area contributed by atoms with E-state index in [1.807, 2.05) is 56.3 Å². The van der Waals surface area contributed by atoms with Gasteiger partial charge in [-0.25, -0.2) is 9.97 Å². The van der Waals surface area contributed by atoms with Crippen LogP contribution in [0, 0.1) is 13.8 Å². The summed E-state index contributed by atoms with van der Waals surface area (Å²) in [5.74, 6) is 0.958. The Kier molecular flexibility index (Phi) is 4.08. The van der Waals surface area contributed by atoms with Crippen LogP contribution in [0.25, 0.3) is 16.6 Å². The minimum absolute atomic E-state index is 0.119. The van der Waals surface area contributed by atoms with Gasteiger partial charge in [-0.05, 0) is 37.1 Å². The first-order valence-corrected chi connectivity index (χ1v) is 8.71. The first kappa shape index (κ1) is 16.5. The fourth-order valence-corrected chi connectivity index (χ4v) is 3.41. The highest BCUT2D eigenvalue weighted by atomic mass is 32.1. The van der Waals surface area contributed by atoms with Crippen molar-refractivity contribution in [3.05, 3.63) is 81.9 Å².